The Morgan fingerprint density at radius 1 is 0.902 bits per heavy atom. The van der Waals surface area contributed by atoms with Gasteiger partial charge in [-0.05, 0) is 59.4 Å². The van der Waals surface area contributed by atoms with E-state index in [9.17, 15) is 13.6 Å². The molecule has 0 aromatic heterocycles. The molecule has 2 aliphatic heterocycles. The van der Waals surface area contributed by atoms with Crippen LogP contribution in [0.2, 0.25) is 0 Å². The number of ether oxygens (including phenoxy) is 1. The third kappa shape index (κ3) is 7.07. The highest BCUT2D eigenvalue weighted by Gasteiger charge is 2.47. The minimum Gasteiger partial charge on any atom is -0.441 e. The molecule has 0 saturated carbocycles. The van der Waals surface area contributed by atoms with Gasteiger partial charge in [-0.3, -0.25) is 9.80 Å². The number of anilines is 1. The van der Waals surface area contributed by atoms with E-state index in [1.807, 2.05) is 30.3 Å². The van der Waals surface area contributed by atoms with Gasteiger partial charge in [0, 0.05) is 49.8 Å². The number of amides is 1. The lowest BCUT2D eigenvalue weighted by atomic mass is 9.87. The molecule has 216 valence electrons. The first-order chi connectivity index (χ1) is 19.8. The van der Waals surface area contributed by atoms with Crippen LogP contribution in [0.4, 0.5) is 19.3 Å². The van der Waals surface area contributed by atoms with Gasteiger partial charge >= 0.3 is 12.2 Å². The fourth-order valence-electron chi connectivity index (χ4n) is 5.97. The summed E-state index contributed by atoms with van der Waals surface area (Å²) in [6.07, 6.45) is 5.15. The maximum absolute atomic E-state index is 14.9. The summed E-state index contributed by atoms with van der Waals surface area (Å²) in [6.45, 7) is 7.33. The number of likely N-dealkylation sites (tertiary alicyclic amines) is 1. The molecule has 41 heavy (non-hydrogen) atoms. The van der Waals surface area contributed by atoms with Crippen LogP contribution in [0.3, 0.4) is 0 Å². The number of rotatable bonds is 8. The van der Waals surface area contributed by atoms with Crippen LogP contribution in [-0.4, -0.2) is 42.4 Å². The summed E-state index contributed by atoms with van der Waals surface area (Å²) in [7, 11) is 0. The monoisotopic (exact) mass is 562 g/mol. The predicted molar refractivity (Wildman–Crippen MR) is 152 cm³/mol. The van der Waals surface area contributed by atoms with Crippen LogP contribution in [0, 0.1) is 11.6 Å². The summed E-state index contributed by atoms with van der Waals surface area (Å²) < 4.78 is 34.5. The molecule has 2 heterocycles. The van der Waals surface area contributed by atoms with Gasteiger partial charge in [0.05, 0.1) is 6.54 Å². The average Bonchev–Trinajstić information content (AvgIpc) is 3.27. The Morgan fingerprint density at radius 3 is 2.07 bits per heavy atom. The first kappa shape index (κ1) is 30.1. The van der Waals surface area contributed by atoms with Crippen molar-refractivity contribution in [3.05, 3.63) is 89.0 Å². The van der Waals surface area contributed by atoms with E-state index in [1.165, 1.54) is 11.6 Å². The van der Waals surface area contributed by atoms with E-state index >= 15 is 0 Å². The topological polar surface area (TPSA) is 66.9 Å². The average molecular weight is 563 g/mol. The number of aryl methyl sites for hydroxylation is 2. The summed E-state index contributed by atoms with van der Waals surface area (Å²) in [5.41, 5.74) is 5.30. The molecule has 3 aromatic rings. The van der Waals surface area contributed by atoms with Crippen LogP contribution in [0.15, 0.2) is 60.7 Å². The van der Waals surface area contributed by atoms with Gasteiger partial charge in [-0.1, -0.05) is 57.0 Å². The van der Waals surface area contributed by atoms with E-state index in [1.54, 1.807) is 11.0 Å². The predicted octanol–water partition coefficient (Wildman–Crippen LogP) is 6.94. The maximum Gasteiger partial charge on any atom is 0.415 e. The van der Waals surface area contributed by atoms with Crippen molar-refractivity contribution in [1.29, 1.82) is 0 Å². The van der Waals surface area contributed by atoms with Crippen molar-refractivity contribution in [1.82, 2.24) is 4.90 Å². The second-order valence-electron chi connectivity index (χ2n) is 10.7. The molecule has 2 aliphatic rings. The van der Waals surface area contributed by atoms with Crippen molar-refractivity contribution in [3.8, 4) is 11.1 Å². The Hall–Kier alpha value is -3.87. The fourth-order valence-corrected chi connectivity index (χ4v) is 5.97. The van der Waals surface area contributed by atoms with Gasteiger partial charge in [0.25, 0.3) is 0 Å². The number of carbonyl (C=O) groups is 1. The third-order valence-electron chi connectivity index (χ3n) is 7.81. The molecule has 1 spiro atoms. The Morgan fingerprint density at radius 2 is 1.51 bits per heavy atom. The van der Waals surface area contributed by atoms with Crippen molar-refractivity contribution >= 4 is 17.9 Å². The summed E-state index contributed by atoms with van der Waals surface area (Å²) in [5, 5.41) is 0. The van der Waals surface area contributed by atoms with Crippen LogP contribution in [-0.2, 0) is 33.7 Å². The first-order valence-electron chi connectivity index (χ1n) is 14.2. The number of piperidine rings is 1. The lowest BCUT2D eigenvalue weighted by Gasteiger charge is -2.37. The van der Waals surface area contributed by atoms with Gasteiger partial charge in [0.15, 0.2) is 0 Å². The molecular weight excluding hydrogens is 526 g/mol. The lowest BCUT2D eigenvalue weighted by molar-refractivity contribution is -0.191. The van der Waals surface area contributed by atoms with E-state index in [0.29, 0.717) is 12.1 Å². The first-order valence-corrected chi connectivity index (χ1v) is 14.2. The Labute approximate surface area is 239 Å². The zero-order valence-corrected chi connectivity index (χ0v) is 23.6. The van der Waals surface area contributed by atoms with Crippen LogP contribution in [0.5, 0.6) is 0 Å². The molecule has 8 heteroatoms. The Bertz CT molecular complexity index is 1350. The number of benzene rings is 3. The third-order valence-corrected chi connectivity index (χ3v) is 7.81. The van der Waals surface area contributed by atoms with Crippen molar-refractivity contribution < 1.29 is 27.9 Å². The van der Waals surface area contributed by atoms with Gasteiger partial charge in [-0.25, -0.2) is 13.6 Å². The standard InChI is InChI=1S/C32H36F2N2O2.CO2/c1-3-8-24-18-23(19-25(9-4-2)30(24)28-13-12-26(33)20-29(28)34)21-35-16-14-32(15-17-35)22-36(31(37)38-32)27-10-6-5-7-11-27;2-1-3/h5-7,10-13,18-20H,3-4,8-9,14-17,21-22H2,1-2H3;. The van der Waals surface area contributed by atoms with Gasteiger partial charge < -0.3 is 4.74 Å². The van der Waals surface area contributed by atoms with Crippen LogP contribution in [0.1, 0.15) is 56.2 Å². The smallest absolute Gasteiger partial charge is 0.415 e. The molecule has 2 saturated heterocycles. The highest BCUT2D eigenvalue weighted by Crippen LogP contribution is 2.37. The number of halogens is 2. The number of carbonyl (C=O) groups excluding carboxylic acids is 3. The zero-order chi connectivity index (χ0) is 29.4. The summed E-state index contributed by atoms with van der Waals surface area (Å²) in [4.78, 5) is 33.1. The minimum atomic E-state index is -0.556. The van der Waals surface area contributed by atoms with E-state index in [4.69, 9.17) is 14.3 Å². The molecule has 1 amide bonds. The quantitative estimate of drug-likeness (QED) is 0.297. The molecule has 2 fully saturated rings. The van der Waals surface area contributed by atoms with Crippen molar-refractivity contribution in [3.63, 3.8) is 0 Å². The van der Waals surface area contributed by atoms with Crippen molar-refractivity contribution in [2.75, 3.05) is 24.5 Å². The molecule has 0 atom stereocenters. The number of para-hydroxylation sites is 1. The van der Waals surface area contributed by atoms with E-state index < -0.39 is 17.2 Å². The summed E-state index contributed by atoms with van der Waals surface area (Å²) >= 11 is 0. The van der Waals surface area contributed by atoms with Gasteiger partial charge in [0.2, 0.25) is 0 Å². The van der Waals surface area contributed by atoms with E-state index in [0.717, 1.165) is 86.6 Å². The van der Waals surface area contributed by atoms with E-state index in [-0.39, 0.29) is 12.2 Å². The normalized spacial score (nSPS) is 16.2. The highest BCUT2D eigenvalue weighted by atomic mass is 19.1. The van der Waals surface area contributed by atoms with Crippen molar-refractivity contribution in [2.24, 2.45) is 0 Å². The number of hydrogen-bond donors (Lipinski definition) is 0. The van der Waals surface area contributed by atoms with Gasteiger partial charge in [0.1, 0.15) is 17.2 Å². The van der Waals surface area contributed by atoms with Crippen LogP contribution >= 0.6 is 0 Å². The Balaban J connectivity index is 0.00000124. The molecule has 0 N–H and O–H groups in total. The molecule has 6 nitrogen and oxygen atoms in total. The molecule has 0 bridgehead atoms. The molecule has 5 rings (SSSR count). The molecule has 0 radical (unpaired) electrons. The SMILES string of the molecule is CCCc1cc(CN2CCC3(CC2)CN(c2ccccc2)C(=O)O3)cc(CCC)c1-c1ccc(F)cc1F.O=C=O. The minimum absolute atomic E-state index is 0.250. The van der Waals surface area contributed by atoms with Crippen LogP contribution < -0.4 is 4.90 Å². The number of hydrogen-bond acceptors (Lipinski definition) is 5. The highest BCUT2D eigenvalue weighted by molar-refractivity contribution is 5.90. The van der Waals surface area contributed by atoms with Gasteiger partial charge in [-0.2, -0.15) is 9.59 Å². The van der Waals surface area contributed by atoms with E-state index in [2.05, 4.69) is 30.9 Å². The zero-order valence-electron chi connectivity index (χ0n) is 23.6. The molecule has 3 aromatic carbocycles. The Kier molecular flexibility index (Phi) is 10.0. The molecular formula is C33H36F2N2O4. The largest absolute Gasteiger partial charge is 0.441 e. The maximum atomic E-state index is 14.9. The molecule has 0 unspecified atom stereocenters. The van der Waals surface area contributed by atoms with Gasteiger partial charge in [-0.15, -0.1) is 0 Å². The lowest BCUT2D eigenvalue weighted by Crippen LogP contribution is -2.46. The van der Waals surface area contributed by atoms with Crippen molar-refractivity contribution in [2.45, 2.75) is 64.5 Å². The molecule has 0 aliphatic carbocycles. The fraction of sp³-hybridized carbons (Fsp3) is 0.394. The number of nitrogens with zero attached hydrogens (tertiary/aromatic N) is 2. The summed E-state index contributed by atoms with van der Waals surface area (Å²) in [6, 6.07) is 18.0. The second kappa shape index (κ2) is 13.7. The van der Waals surface area contributed by atoms with Crippen LogP contribution in [0.25, 0.3) is 11.1 Å². The summed E-state index contributed by atoms with van der Waals surface area (Å²) in [5.74, 6) is -1.07. The second-order valence-corrected chi connectivity index (χ2v) is 10.7.